The van der Waals surface area contributed by atoms with E-state index < -0.39 is 5.60 Å². The van der Waals surface area contributed by atoms with E-state index >= 15 is 0 Å². The zero-order valence-electron chi connectivity index (χ0n) is 19.8. The molecule has 0 aromatic heterocycles. The van der Waals surface area contributed by atoms with E-state index in [1.807, 2.05) is 56.4 Å². The average Bonchev–Trinajstić information content (AvgIpc) is 2.75. The number of nitrogens with one attached hydrogen (secondary N) is 1. The maximum absolute atomic E-state index is 11.9. The molecule has 0 fully saturated rings. The lowest BCUT2D eigenvalue weighted by atomic mass is 9.92. The number of unbranched alkanes of at least 4 members (excludes halogenated alkanes) is 2. The molecule has 0 aromatic rings. The van der Waals surface area contributed by atoms with Crippen LogP contribution in [0.4, 0.5) is 0 Å². The van der Waals surface area contributed by atoms with Gasteiger partial charge in [0.1, 0.15) is 0 Å². The van der Waals surface area contributed by atoms with Crippen molar-refractivity contribution in [3.05, 3.63) is 85.1 Å². The molecular weight excluding hydrogens is 382 g/mol. The first-order valence-electron chi connectivity index (χ1n) is 11.7. The molecule has 3 nitrogen and oxygen atoms in total. The fourth-order valence-corrected chi connectivity index (χ4v) is 2.95. The van der Waals surface area contributed by atoms with E-state index in [1.165, 1.54) is 12.5 Å². The van der Waals surface area contributed by atoms with E-state index in [2.05, 4.69) is 42.6 Å². The van der Waals surface area contributed by atoms with Crippen molar-refractivity contribution in [3.8, 4) is 0 Å². The van der Waals surface area contributed by atoms with E-state index in [1.54, 1.807) is 6.08 Å². The van der Waals surface area contributed by atoms with Crippen LogP contribution < -0.4 is 5.32 Å². The minimum atomic E-state index is -0.794. The third-order valence-corrected chi connectivity index (χ3v) is 4.52. The largest absolute Gasteiger partial charge is 0.388 e. The van der Waals surface area contributed by atoms with Crippen LogP contribution in [0.2, 0.25) is 0 Å². The van der Waals surface area contributed by atoms with Crippen molar-refractivity contribution in [3.63, 3.8) is 0 Å². The lowest BCUT2D eigenvalue weighted by molar-refractivity contribution is -0.117. The lowest BCUT2D eigenvalue weighted by Crippen LogP contribution is -2.42. The van der Waals surface area contributed by atoms with Gasteiger partial charge in [-0.05, 0) is 32.1 Å². The van der Waals surface area contributed by atoms with Gasteiger partial charge in [-0.25, -0.2) is 0 Å². The summed E-state index contributed by atoms with van der Waals surface area (Å²) in [7, 11) is 0. The molecule has 31 heavy (non-hydrogen) atoms. The van der Waals surface area contributed by atoms with Gasteiger partial charge in [-0.15, -0.1) is 0 Å². The van der Waals surface area contributed by atoms with Crippen LogP contribution in [0, 0.1) is 0 Å². The monoisotopic (exact) mass is 425 g/mol. The summed E-state index contributed by atoms with van der Waals surface area (Å²) in [5.74, 6) is -0.177. The predicted octanol–water partition coefficient (Wildman–Crippen LogP) is 6.91. The Balaban J connectivity index is 3.99. The van der Waals surface area contributed by atoms with Crippen molar-refractivity contribution in [2.75, 3.05) is 6.54 Å². The topological polar surface area (TPSA) is 49.3 Å². The van der Waals surface area contributed by atoms with Gasteiger partial charge < -0.3 is 10.4 Å². The van der Waals surface area contributed by atoms with Gasteiger partial charge in [0, 0.05) is 12.6 Å². The molecule has 1 amide bonds. The number of allylic oxidation sites excluding steroid dienone is 13. The van der Waals surface area contributed by atoms with Crippen LogP contribution in [-0.4, -0.2) is 23.2 Å². The summed E-state index contributed by atoms with van der Waals surface area (Å²) >= 11 is 0. The van der Waals surface area contributed by atoms with E-state index in [9.17, 15) is 9.90 Å². The van der Waals surface area contributed by atoms with Crippen LogP contribution >= 0.6 is 0 Å². The van der Waals surface area contributed by atoms with Crippen LogP contribution in [0.5, 0.6) is 0 Å². The molecule has 0 heterocycles. The third kappa shape index (κ3) is 19.3. The Kier molecular flexibility index (Phi) is 19.3. The van der Waals surface area contributed by atoms with Crippen molar-refractivity contribution in [2.45, 2.75) is 77.7 Å². The average molecular weight is 426 g/mol. The summed E-state index contributed by atoms with van der Waals surface area (Å²) in [5.41, 5.74) is -0.794. The minimum absolute atomic E-state index is 0.177. The maximum Gasteiger partial charge on any atom is 0.244 e. The molecule has 2 N–H and O–H groups in total. The highest BCUT2D eigenvalue weighted by Gasteiger charge is 2.24. The van der Waals surface area contributed by atoms with Crippen molar-refractivity contribution in [2.24, 2.45) is 0 Å². The highest BCUT2D eigenvalue weighted by molar-refractivity contribution is 5.87. The Morgan fingerprint density at radius 3 is 1.61 bits per heavy atom. The SMILES string of the molecule is CCCC=CC=CC=CC=CCCC=CC=CC=CC(=O)NCC(O)(CCC)CCC. The van der Waals surface area contributed by atoms with Gasteiger partial charge in [0.05, 0.1) is 5.60 Å². The molecule has 0 aliphatic rings. The first kappa shape index (κ1) is 28.6. The summed E-state index contributed by atoms with van der Waals surface area (Å²) in [4.78, 5) is 11.9. The van der Waals surface area contributed by atoms with Crippen molar-refractivity contribution < 1.29 is 9.90 Å². The predicted molar refractivity (Wildman–Crippen MR) is 136 cm³/mol. The molecule has 0 rings (SSSR count). The van der Waals surface area contributed by atoms with E-state index in [0.29, 0.717) is 19.4 Å². The number of carbonyl (C=O) groups is 1. The van der Waals surface area contributed by atoms with Gasteiger partial charge in [0.25, 0.3) is 0 Å². The van der Waals surface area contributed by atoms with Crippen LogP contribution in [0.1, 0.15) is 72.1 Å². The number of hydrogen-bond acceptors (Lipinski definition) is 2. The second-order valence-electron chi connectivity index (χ2n) is 7.61. The Bertz CT molecular complexity index is 642. The molecule has 0 bridgehead atoms. The second-order valence-corrected chi connectivity index (χ2v) is 7.61. The zero-order valence-corrected chi connectivity index (χ0v) is 19.8. The third-order valence-electron chi connectivity index (χ3n) is 4.52. The summed E-state index contributed by atoms with van der Waals surface area (Å²) in [5, 5.41) is 13.3. The normalized spacial score (nSPS) is 13.5. The molecule has 0 spiro atoms. The second kappa shape index (κ2) is 20.9. The minimum Gasteiger partial charge on any atom is -0.388 e. The Morgan fingerprint density at radius 1 is 0.677 bits per heavy atom. The van der Waals surface area contributed by atoms with Crippen LogP contribution in [0.25, 0.3) is 0 Å². The molecule has 0 saturated heterocycles. The van der Waals surface area contributed by atoms with Gasteiger partial charge in [0.2, 0.25) is 5.91 Å². The number of hydrogen-bond donors (Lipinski definition) is 2. The summed E-state index contributed by atoms with van der Waals surface area (Å²) in [6, 6.07) is 0. The molecule has 0 atom stereocenters. The highest BCUT2D eigenvalue weighted by Crippen LogP contribution is 2.18. The molecule has 0 saturated carbocycles. The Labute approximate surface area is 190 Å². The van der Waals surface area contributed by atoms with E-state index in [0.717, 1.165) is 32.1 Å². The molecule has 172 valence electrons. The van der Waals surface area contributed by atoms with E-state index in [4.69, 9.17) is 0 Å². The fraction of sp³-hybridized carbons (Fsp3) is 0.464. The van der Waals surface area contributed by atoms with Gasteiger partial charge in [0.15, 0.2) is 0 Å². The van der Waals surface area contributed by atoms with Crippen molar-refractivity contribution >= 4 is 5.91 Å². The molecule has 0 aliphatic carbocycles. The number of amides is 1. The Hall–Kier alpha value is -2.39. The molecule has 3 heteroatoms. The van der Waals surface area contributed by atoms with E-state index in [-0.39, 0.29) is 5.91 Å². The van der Waals surface area contributed by atoms with Gasteiger partial charge in [-0.3, -0.25) is 4.79 Å². The number of carbonyl (C=O) groups excluding carboxylic acids is 1. The molecule has 0 aliphatic heterocycles. The van der Waals surface area contributed by atoms with Crippen molar-refractivity contribution in [1.82, 2.24) is 5.32 Å². The summed E-state index contributed by atoms with van der Waals surface area (Å²) in [6.45, 7) is 6.56. The van der Waals surface area contributed by atoms with Gasteiger partial charge >= 0.3 is 0 Å². The standard InChI is InChI=1S/C28H43NO2/c1-4-7-8-9-10-11-12-13-14-15-16-17-18-19-20-21-22-23-27(30)29-26-28(31,24-5-2)25-6-3/h8-15,18-23,31H,4-7,16-17,24-26H2,1-3H3,(H,29,30). The molecule has 0 aromatic carbocycles. The quantitative estimate of drug-likeness (QED) is 0.151. The first-order chi connectivity index (χ1) is 15.1. The highest BCUT2D eigenvalue weighted by atomic mass is 16.3. The smallest absolute Gasteiger partial charge is 0.244 e. The summed E-state index contributed by atoms with van der Waals surface area (Å²) in [6.07, 6.45) is 35.1. The molecule has 0 unspecified atom stereocenters. The lowest BCUT2D eigenvalue weighted by Gasteiger charge is -2.27. The zero-order chi connectivity index (χ0) is 23.0. The fourth-order valence-electron chi connectivity index (χ4n) is 2.95. The first-order valence-corrected chi connectivity index (χ1v) is 11.7. The van der Waals surface area contributed by atoms with Crippen molar-refractivity contribution in [1.29, 1.82) is 0 Å². The maximum atomic E-state index is 11.9. The van der Waals surface area contributed by atoms with Gasteiger partial charge in [-0.2, -0.15) is 0 Å². The number of rotatable bonds is 17. The van der Waals surface area contributed by atoms with Crippen LogP contribution in [0.15, 0.2) is 85.1 Å². The van der Waals surface area contributed by atoms with Crippen LogP contribution in [-0.2, 0) is 4.79 Å². The van der Waals surface area contributed by atoms with Gasteiger partial charge in [-0.1, -0.05) is 119 Å². The molecule has 0 radical (unpaired) electrons. The van der Waals surface area contributed by atoms with Crippen LogP contribution in [0.3, 0.4) is 0 Å². The Morgan fingerprint density at radius 2 is 1.13 bits per heavy atom. The number of aliphatic hydroxyl groups is 1. The summed E-state index contributed by atoms with van der Waals surface area (Å²) < 4.78 is 0. The molecular formula is C28H43NO2.